The second-order valence-corrected chi connectivity index (χ2v) is 5.59. The minimum Gasteiger partial charge on any atom is -0.493 e. The molecule has 0 aromatic heterocycles. The number of methoxy groups -OCH3 is 2. The number of nitrogens with two attached hydrogens (primary N) is 1. The highest BCUT2D eigenvalue weighted by atomic mass is 16.6. The van der Waals surface area contributed by atoms with Gasteiger partial charge in [0.15, 0.2) is 11.5 Å². The summed E-state index contributed by atoms with van der Waals surface area (Å²) in [6.45, 7) is 4.08. The molecule has 2 atom stereocenters. The molecule has 0 heterocycles. The Hall–Kier alpha value is -1.86. The first-order chi connectivity index (χ1) is 10.3. The number of hydrogen-bond donors (Lipinski definition) is 2. The largest absolute Gasteiger partial charge is 0.493 e. The van der Waals surface area contributed by atoms with E-state index in [0.717, 1.165) is 6.42 Å². The van der Waals surface area contributed by atoms with Gasteiger partial charge in [-0.05, 0) is 24.8 Å². The molecule has 1 aromatic carbocycles. The minimum absolute atomic E-state index is 0.186. The van der Waals surface area contributed by atoms with Crippen LogP contribution in [0.15, 0.2) is 12.1 Å². The predicted molar refractivity (Wildman–Crippen MR) is 83.2 cm³/mol. The van der Waals surface area contributed by atoms with Crippen molar-refractivity contribution in [3.05, 3.63) is 27.8 Å². The third-order valence-electron chi connectivity index (χ3n) is 3.54. The Labute approximate surface area is 130 Å². The minimum atomic E-state index is -0.862. The Bertz CT molecular complexity index is 519. The summed E-state index contributed by atoms with van der Waals surface area (Å²) in [5.41, 5.74) is 6.08. The Morgan fingerprint density at radius 2 is 1.77 bits per heavy atom. The third kappa shape index (κ3) is 4.32. The van der Waals surface area contributed by atoms with Gasteiger partial charge < -0.3 is 20.3 Å². The second kappa shape index (κ2) is 7.95. The maximum absolute atomic E-state index is 11.3. The first kappa shape index (κ1) is 18.2. The van der Waals surface area contributed by atoms with E-state index >= 15 is 0 Å². The van der Waals surface area contributed by atoms with Crippen molar-refractivity contribution < 1.29 is 19.5 Å². The van der Waals surface area contributed by atoms with E-state index in [1.165, 1.54) is 26.4 Å². The summed E-state index contributed by atoms with van der Waals surface area (Å²) in [6.07, 6.45) is 0.402. The number of hydrogen-bond acceptors (Lipinski definition) is 6. The molecule has 22 heavy (non-hydrogen) atoms. The van der Waals surface area contributed by atoms with Crippen molar-refractivity contribution in [2.45, 2.75) is 38.8 Å². The fraction of sp³-hybridized carbons (Fsp3) is 0.600. The van der Waals surface area contributed by atoms with E-state index in [9.17, 15) is 15.2 Å². The zero-order valence-electron chi connectivity index (χ0n) is 13.4. The van der Waals surface area contributed by atoms with E-state index in [2.05, 4.69) is 0 Å². The molecular formula is C15H24N2O5. The lowest BCUT2D eigenvalue weighted by molar-refractivity contribution is -0.385. The quantitative estimate of drug-likeness (QED) is 0.563. The summed E-state index contributed by atoms with van der Waals surface area (Å²) in [5.74, 6) is 1.01. The molecule has 3 N–H and O–H groups in total. The molecule has 0 unspecified atom stereocenters. The Kier molecular flexibility index (Phi) is 6.58. The number of ether oxygens (including phenoxy) is 2. The first-order valence-electron chi connectivity index (χ1n) is 7.15. The predicted octanol–water partition coefficient (Wildman–Crippen LogP) is 2.41. The van der Waals surface area contributed by atoms with E-state index in [1.807, 2.05) is 13.8 Å². The zero-order valence-corrected chi connectivity index (χ0v) is 13.4. The Morgan fingerprint density at radius 1 is 1.23 bits per heavy atom. The maximum atomic E-state index is 11.3. The van der Waals surface area contributed by atoms with Crippen LogP contribution < -0.4 is 15.2 Å². The Balaban J connectivity index is 3.17. The van der Waals surface area contributed by atoms with Crippen molar-refractivity contribution >= 4 is 5.69 Å². The highest BCUT2D eigenvalue weighted by Crippen LogP contribution is 2.38. The molecule has 0 bridgehead atoms. The molecule has 0 amide bonds. The molecule has 0 aliphatic heterocycles. The molecule has 0 saturated carbocycles. The summed E-state index contributed by atoms with van der Waals surface area (Å²) in [5, 5.41) is 21.5. The van der Waals surface area contributed by atoms with E-state index in [0.29, 0.717) is 18.1 Å². The molecule has 7 nitrogen and oxygen atoms in total. The van der Waals surface area contributed by atoms with Crippen LogP contribution in [0.3, 0.4) is 0 Å². The number of rotatable bonds is 8. The molecule has 1 aromatic rings. The normalized spacial score (nSPS) is 13.8. The summed E-state index contributed by atoms with van der Waals surface area (Å²) in [4.78, 5) is 10.7. The molecule has 0 aliphatic rings. The highest BCUT2D eigenvalue weighted by Gasteiger charge is 2.27. The molecule has 0 fully saturated rings. The van der Waals surface area contributed by atoms with Gasteiger partial charge in [-0.25, -0.2) is 0 Å². The molecule has 0 saturated heterocycles. The van der Waals surface area contributed by atoms with Crippen molar-refractivity contribution in [1.82, 2.24) is 0 Å². The average Bonchev–Trinajstić information content (AvgIpc) is 2.50. The van der Waals surface area contributed by atoms with Crippen molar-refractivity contribution in [2.24, 2.45) is 11.7 Å². The summed E-state index contributed by atoms with van der Waals surface area (Å²) in [7, 11) is 2.84. The average molecular weight is 312 g/mol. The van der Waals surface area contributed by atoms with Crippen LogP contribution in [-0.2, 0) is 0 Å². The molecule has 0 aliphatic carbocycles. The molecule has 124 valence electrons. The topological polar surface area (TPSA) is 108 Å². The molecule has 0 spiro atoms. The van der Waals surface area contributed by atoms with Crippen LogP contribution in [0.5, 0.6) is 11.5 Å². The lowest BCUT2D eigenvalue weighted by atomic mass is 9.94. The van der Waals surface area contributed by atoms with Gasteiger partial charge in [0.05, 0.1) is 42.9 Å². The first-order valence-corrected chi connectivity index (χ1v) is 7.15. The zero-order chi connectivity index (χ0) is 16.9. The standard InChI is InChI=1S/C15H24N2O5/c1-9(2)5-6-12(18)15(16)10-7-13(21-3)14(22-4)8-11(10)17(19)20/h7-9,12,15,18H,5-6,16H2,1-4H3/t12-,15+/m1/s1. The van der Waals surface area contributed by atoms with Crippen LogP contribution in [0.25, 0.3) is 0 Å². The van der Waals surface area contributed by atoms with Gasteiger partial charge in [-0.1, -0.05) is 13.8 Å². The highest BCUT2D eigenvalue weighted by molar-refractivity contribution is 5.55. The molecular weight excluding hydrogens is 288 g/mol. The van der Waals surface area contributed by atoms with Gasteiger partial charge in [-0.15, -0.1) is 0 Å². The van der Waals surface area contributed by atoms with E-state index in [1.54, 1.807) is 0 Å². The van der Waals surface area contributed by atoms with Gasteiger partial charge in [0.2, 0.25) is 0 Å². The molecule has 0 radical (unpaired) electrons. The van der Waals surface area contributed by atoms with Gasteiger partial charge in [0, 0.05) is 0 Å². The van der Waals surface area contributed by atoms with Gasteiger partial charge in [-0.3, -0.25) is 10.1 Å². The lowest BCUT2D eigenvalue weighted by Gasteiger charge is -2.21. The smallest absolute Gasteiger partial charge is 0.278 e. The van der Waals surface area contributed by atoms with Gasteiger partial charge in [0.1, 0.15) is 0 Å². The van der Waals surface area contributed by atoms with Gasteiger partial charge in [-0.2, -0.15) is 0 Å². The fourth-order valence-corrected chi connectivity index (χ4v) is 2.20. The number of nitro groups is 1. The van der Waals surface area contributed by atoms with Crippen LogP contribution in [0.4, 0.5) is 5.69 Å². The van der Waals surface area contributed by atoms with Crippen molar-refractivity contribution in [3.63, 3.8) is 0 Å². The van der Waals surface area contributed by atoms with Crippen molar-refractivity contribution in [3.8, 4) is 11.5 Å². The number of aliphatic hydroxyl groups excluding tert-OH is 1. The van der Waals surface area contributed by atoms with Crippen molar-refractivity contribution in [1.29, 1.82) is 0 Å². The van der Waals surface area contributed by atoms with Crippen LogP contribution in [0.1, 0.15) is 38.3 Å². The SMILES string of the molecule is COc1cc([C@H](N)[C@H](O)CCC(C)C)c([N+](=O)[O-])cc1OC. The van der Waals surface area contributed by atoms with E-state index in [-0.39, 0.29) is 17.0 Å². The number of nitro benzene ring substituents is 1. The summed E-state index contributed by atoms with van der Waals surface area (Å²) in [6, 6.07) is 1.86. The monoisotopic (exact) mass is 312 g/mol. The lowest BCUT2D eigenvalue weighted by Crippen LogP contribution is -2.27. The molecule has 7 heteroatoms. The second-order valence-electron chi connectivity index (χ2n) is 5.59. The summed E-state index contributed by atoms with van der Waals surface area (Å²) < 4.78 is 10.2. The van der Waals surface area contributed by atoms with Crippen LogP contribution in [0.2, 0.25) is 0 Å². The van der Waals surface area contributed by atoms with Crippen molar-refractivity contribution in [2.75, 3.05) is 14.2 Å². The molecule has 1 rings (SSSR count). The van der Waals surface area contributed by atoms with E-state index in [4.69, 9.17) is 15.2 Å². The van der Waals surface area contributed by atoms with E-state index < -0.39 is 17.1 Å². The number of aliphatic hydroxyl groups is 1. The third-order valence-corrected chi connectivity index (χ3v) is 3.54. The van der Waals surface area contributed by atoms with Gasteiger partial charge in [0.25, 0.3) is 5.69 Å². The summed E-state index contributed by atoms with van der Waals surface area (Å²) >= 11 is 0. The van der Waals surface area contributed by atoms with Crippen LogP contribution in [0, 0.1) is 16.0 Å². The van der Waals surface area contributed by atoms with Crippen LogP contribution >= 0.6 is 0 Å². The fourth-order valence-electron chi connectivity index (χ4n) is 2.20. The van der Waals surface area contributed by atoms with Crippen LogP contribution in [-0.4, -0.2) is 30.4 Å². The maximum Gasteiger partial charge on any atom is 0.278 e. The van der Waals surface area contributed by atoms with Gasteiger partial charge >= 0.3 is 0 Å². The number of benzene rings is 1. The Morgan fingerprint density at radius 3 is 2.23 bits per heavy atom. The number of nitrogens with zero attached hydrogens (tertiary/aromatic N) is 1.